The summed E-state index contributed by atoms with van der Waals surface area (Å²) in [6, 6.07) is 25.5. The van der Waals surface area contributed by atoms with Gasteiger partial charge in [-0.05, 0) is 42.0 Å². The van der Waals surface area contributed by atoms with Gasteiger partial charge in [-0.15, -0.1) is 0 Å². The first-order chi connectivity index (χ1) is 15.6. The molecule has 7 nitrogen and oxygen atoms in total. The largest absolute Gasteiger partial charge is 0.490 e. The Morgan fingerprint density at radius 3 is 2.12 bits per heavy atom. The van der Waals surface area contributed by atoms with Crippen molar-refractivity contribution in [2.45, 2.75) is 6.42 Å². The van der Waals surface area contributed by atoms with Crippen LogP contribution < -0.4 is 25.6 Å². The van der Waals surface area contributed by atoms with Crippen molar-refractivity contribution in [1.82, 2.24) is 16.2 Å². The van der Waals surface area contributed by atoms with Gasteiger partial charge in [-0.3, -0.25) is 25.8 Å². The van der Waals surface area contributed by atoms with Crippen molar-refractivity contribution in [2.24, 2.45) is 0 Å². The van der Waals surface area contributed by atoms with Gasteiger partial charge in [-0.25, -0.2) is 0 Å². The highest BCUT2D eigenvalue weighted by molar-refractivity contribution is 7.80. The maximum atomic E-state index is 12.6. The molecule has 0 spiro atoms. The average molecular weight is 450 g/mol. The Morgan fingerprint density at radius 1 is 0.750 bits per heavy atom. The summed E-state index contributed by atoms with van der Waals surface area (Å²) in [5, 5.41) is 2.50. The Labute approximate surface area is 191 Å². The van der Waals surface area contributed by atoms with E-state index in [2.05, 4.69) is 16.2 Å². The van der Waals surface area contributed by atoms with Crippen LogP contribution in [0, 0.1) is 0 Å². The van der Waals surface area contributed by atoms with Gasteiger partial charge < -0.3 is 9.47 Å². The third kappa shape index (κ3) is 7.41. The molecule has 0 aliphatic carbocycles. The third-order valence-electron chi connectivity index (χ3n) is 4.23. The van der Waals surface area contributed by atoms with E-state index in [1.54, 1.807) is 24.3 Å². The van der Waals surface area contributed by atoms with Gasteiger partial charge in [-0.1, -0.05) is 60.7 Å². The number of benzene rings is 3. The number of amides is 2. The van der Waals surface area contributed by atoms with E-state index in [1.165, 1.54) is 0 Å². The SMILES string of the molecule is O=C(Cc1ccccc1)NNC(=S)NC(=O)c1ccccc1OCCOc1ccccc1. The van der Waals surface area contributed by atoms with Crippen molar-refractivity contribution >= 4 is 29.1 Å². The maximum absolute atomic E-state index is 12.6. The first-order valence-electron chi connectivity index (χ1n) is 9.95. The number of hydrazine groups is 1. The number of ether oxygens (including phenoxy) is 2. The monoisotopic (exact) mass is 449 g/mol. The predicted molar refractivity (Wildman–Crippen MR) is 125 cm³/mol. The highest BCUT2D eigenvalue weighted by atomic mass is 32.1. The molecule has 0 atom stereocenters. The molecule has 0 aliphatic rings. The van der Waals surface area contributed by atoms with Crippen molar-refractivity contribution in [3.8, 4) is 11.5 Å². The van der Waals surface area contributed by atoms with Crippen molar-refractivity contribution in [3.05, 3.63) is 96.1 Å². The lowest BCUT2D eigenvalue weighted by molar-refractivity contribution is -0.121. The van der Waals surface area contributed by atoms with Gasteiger partial charge in [0.25, 0.3) is 5.91 Å². The molecule has 164 valence electrons. The van der Waals surface area contributed by atoms with Crippen LogP contribution in [0.2, 0.25) is 0 Å². The molecule has 3 N–H and O–H groups in total. The van der Waals surface area contributed by atoms with Crippen molar-refractivity contribution in [1.29, 1.82) is 0 Å². The minimum absolute atomic E-state index is 0.0291. The van der Waals surface area contributed by atoms with E-state index in [4.69, 9.17) is 21.7 Å². The first kappa shape index (κ1) is 22.8. The normalized spacial score (nSPS) is 10.0. The number of hydrogen-bond acceptors (Lipinski definition) is 5. The highest BCUT2D eigenvalue weighted by Gasteiger charge is 2.14. The van der Waals surface area contributed by atoms with Crippen LogP contribution >= 0.6 is 12.2 Å². The van der Waals surface area contributed by atoms with Crippen LogP contribution in [0.25, 0.3) is 0 Å². The molecule has 2 amide bonds. The van der Waals surface area contributed by atoms with E-state index >= 15 is 0 Å². The van der Waals surface area contributed by atoms with Crippen molar-refractivity contribution in [3.63, 3.8) is 0 Å². The number of nitrogens with one attached hydrogen (secondary N) is 3. The van der Waals surface area contributed by atoms with Gasteiger partial charge in [0, 0.05) is 0 Å². The fourth-order valence-electron chi connectivity index (χ4n) is 2.76. The predicted octanol–water partition coefficient (Wildman–Crippen LogP) is 3.02. The van der Waals surface area contributed by atoms with Gasteiger partial charge in [-0.2, -0.15) is 0 Å². The van der Waals surface area contributed by atoms with Gasteiger partial charge in [0.2, 0.25) is 5.91 Å². The quantitative estimate of drug-likeness (QED) is 0.278. The Balaban J connectivity index is 1.45. The molecule has 0 radical (unpaired) electrons. The lowest BCUT2D eigenvalue weighted by Gasteiger charge is -2.14. The van der Waals surface area contributed by atoms with Crippen LogP contribution in [-0.4, -0.2) is 30.1 Å². The Bertz CT molecular complexity index is 1050. The molecule has 0 aromatic heterocycles. The van der Waals surface area contributed by atoms with E-state index < -0.39 is 5.91 Å². The standard InChI is InChI=1S/C24H23N3O4S/c28-22(17-18-9-3-1-4-10-18)26-27-24(32)25-23(29)20-13-7-8-14-21(20)31-16-15-30-19-11-5-2-6-12-19/h1-14H,15-17H2,(H,26,28)(H2,25,27,29,32). The molecule has 0 saturated carbocycles. The van der Waals surface area contributed by atoms with Gasteiger partial charge >= 0.3 is 0 Å². The second-order valence-corrected chi connectivity index (χ2v) is 7.03. The molecular weight excluding hydrogens is 426 g/mol. The van der Waals surface area contributed by atoms with Crippen LogP contribution in [0.3, 0.4) is 0 Å². The van der Waals surface area contributed by atoms with E-state index in [-0.39, 0.29) is 24.0 Å². The third-order valence-corrected chi connectivity index (χ3v) is 4.44. The summed E-state index contributed by atoms with van der Waals surface area (Å²) in [6.07, 6.45) is 0.187. The van der Waals surface area contributed by atoms with Crippen LogP contribution in [0.5, 0.6) is 11.5 Å². The van der Waals surface area contributed by atoms with E-state index in [9.17, 15) is 9.59 Å². The van der Waals surface area contributed by atoms with E-state index in [0.29, 0.717) is 17.9 Å². The minimum Gasteiger partial charge on any atom is -0.490 e. The summed E-state index contributed by atoms with van der Waals surface area (Å²) in [5.74, 6) is 0.403. The Kier molecular flexibility index (Phi) is 8.59. The van der Waals surface area contributed by atoms with Crippen molar-refractivity contribution in [2.75, 3.05) is 13.2 Å². The summed E-state index contributed by atoms with van der Waals surface area (Å²) >= 11 is 5.10. The zero-order valence-corrected chi connectivity index (χ0v) is 18.1. The second-order valence-electron chi connectivity index (χ2n) is 6.62. The molecule has 0 unspecified atom stereocenters. The molecule has 32 heavy (non-hydrogen) atoms. The summed E-state index contributed by atoms with van der Waals surface area (Å²) in [6.45, 7) is 0.588. The van der Waals surface area contributed by atoms with Crippen LogP contribution in [-0.2, 0) is 11.2 Å². The van der Waals surface area contributed by atoms with Crippen molar-refractivity contribution < 1.29 is 19.1 Å². The first-order valence-corrected chi connectivity index (χ1v) is 10.4. The molecule has 0 aliphatic heterocycles. The fraction of sp³-hybridized carbons (Fsp3) is 0.125. The van der Waals surface area contributed by atoms with E-state index in [1.807, 2.05) is 60.7 Å². The highest BCUT2D eigenvalue weighted by Crippen LogP contribution is 2.18. The zero-order chi connectivity index (χ0) is 22.6. The molecule has 8 heteroatoms. The Morgan fingerprint density at radius 2 is 1.38 bits per heavy atom. The van der Waals surface area contributed by atoms with Crippen LogP contribution in [0.1, 0.15) is 15.9 Å². The molecule has 0 saturated heterocycles. The van der Waals surface area contributed by atoms with Gasteiger partial charge in [0.05, 0.1) is 12.0 Å². The number of rotatable bonds is 8. The molecule has 3 rings (SSSR count). The number of thiocarbonyl (C=S) groups is 1. The van der Waals surface area contributed by atoms with E-state index in [0.717, 1.165) is 11.3 Å². The molecule has 3 aromatic rings. The Hall–Kier alpha value is -3.91. The maximum Gasteiger partial charge on any atom is 0.261 e. The van der Waals surface area contributed by atoms with Crippen LogP contribution in [0.4, 0.5) is 0 Å². The molecular formula is C24H23N3O4S. The molecule has 0 fully saturated rings. The van der Waals surface area contributed by atoms with Gasteiger partial charge in [0.1, 0.15) is 24.7 Å². The summed E-state index contributed by atoms with van der Waals surface area (Å²) in [4.78, 5) is 24.6. The van der Waals surface area contributed by atoms with Gasteiger partial charge in [0.15, 0.2) is 5.11 Å². The number of carbonyl (C=O) groups excluding carboxylic acids is 2. The summed E-state index contributed by atoms with van der Waals surface area (Å²) < 4.78 is 11.3. The average Bonchev–Trinajstić information content (AvgIpc) is 2.82. The molecule has 0 bridgehead atoms. The summed E-state index contributed by atoms with van der Waals surface area (Å²) in [7, 11) is 0. The lowest BCUT2D eigenvalue weighted by atomic mass is 10.1. The molecule has 3 aromatic carbocycles. The number of carbonyl (C=O) groups is 2. The summed E-state index contributed by atoms with van der Waals surface area (Å²) in [5.41, 5.74) is 6.18. The topological polar surface area (TPSA) is 88.7 Å². The number of para-hydroxylation sites is 2. The molecule has 0 heterocycles. The fourth-order valence-corrected chi connectivity index (χ4v) is 2.91. The minimum atomic E-state index is -0.459. The lowest BCUT2D eigenvalue weighted by Crippen LogP contribution is -2.48. The zero-order valence-electron chi connectivity index (χ0n) is 17.2. The van der Waals surface area contributed by atoms with Crippen LogP contribution in [0.15, 0.2) is 84.9 Å². The second kappa shape index (κ2) is 12.1. The smallest absolute Gasteiger partial charge is 0.261 e. The number of hydrogen-bond donors (Lipinski definition) is 3.